The van der Waals surface area contributed by atoms with E-state index in [4.69, 9.17) is 0 Å². The monoisotopic (exact) mass is 245 g/mol. The van der Waals surface area contributed by atoms with Crippen LogP contribution in [0.2, 0.25) is 0 Å². The number of benzene rings is 1. The maximum absolute atomic E-state index is 12.0. The number of phenolic OH excluding ortho intramolecular Hbond substituents is 1. The maximum atomic E-state index is 12.0. The zero-order chi connectivity index (χ0) is 12.5. The van der Waals surface area contributed by atoms with Crippen molar-refractivity contribution in [2.45, 2.75) is 31.5 Å². The highest BCUT2D eigenvalue weighted by molar-refractivity contribution is 5.39. The Labute approximate surface area is 97.5 Å². The van der Waals surface area contributed by atoms with Gasteiger partial charge in [-0.15, -0.1) is 0 Å². The van der Waals surface area contributed by atoms with Crippen molar-refractivity contribution in [2.24, 2.45) is 0 Å². The normalized spacial score (nSPS) is 19.4. The van der Waals surface area contributed by atoms with E-state index in [1.807, 2.05) is 0 Å². The van der Waals surface area contributed by atoms with E-state index in [1.54, 1.807) is 18.2 Å². The molecule has 0 saturated heterocycles. The average Bonchev–Trinajstić information content (AvgIpc) is 2.59. The molecule has 5 heteroatoms. The number of rotatable bonds is 3. The van der Waals surface area contributed by atoms with Crippen molar-refractivity contribution in [3.8, 4) is 5.75 Å². The molecule has 2 N–H and O–H groups in total. The van der Waals surface area contributed by atoms with E-state index >= 15 is 0 Å². The zero-order valence-corrected chi connectivity index (χ0v) is 9.22. The lowest BCUT2D eigenvalue weighted by Gasteiger charge is -2.15. The van der Waals surface area contributed by atoms with Gasteiger partial charge in [-0.3, -0.25) is 0 Å². The second kappa shape index (κ2) is 4.56. The molecule has 0 heterocycles. The first kappa shape index (κ1) is 12.2. The largest absolute Gasteiger partial charge is 0.508 e. The number of fused-ring (bicyclic) bond motifs is 1. The number of alkyl halides is 3. The SMILES string of the molecule is Oc1ccc2c(c1)CCC2NCCC(F)(F)F. The van der Waals surface area contributed by atoms with Crippen LogP contribution in [0, 0.1) is 0 Å². The number of aromatic hydroxyl groups is 1. The molecule has 1 unspecified atom stereocenters. The van der Waals surface area contributed by atoms with Crippen LogP contribution in [-0.4, -0.2) is 17.8 Å². The van der Waals surface area contributed by atoms with Gasteiger partial charge >= 0.3 is 6.18 Å². The third-order valence-electron chi connectivity index (χ3n) is 3.00. The second-order valence-corrected chi connectivity index (χ2v) is 4.29. The molecule has 17 heavy (non-hydrogen) atoms. The summed E-state index contributed by atoms with van der Waals surface area (Å²) in [5, 5.41) is 12.2. The van der Waals surface area contributed by atoms with Crippen molar-refractivity contribution in [1.82, 2.24) is 5.32 Å². The highest BCUT2D eigenvalue weighted by Crippen LogP contribution is 2.33. The van der Waals surface area contributed by atoms with Crippen molar-refractivity contribution >= 4 is 0 Å². The van der Waals surface area contributed by atoms with E-state index < -0.39 is 12.6 Å². The maximum Gasteiger partial charge on any atom is 0.390 e. The molecule has 1 aliphatic carbocycles. The van der Waals surface area contributed by atoms with Gasteiger partial charge in [-0.1, -0.05) is 6.07 Å². The van der Waals surface area contributed by atoms with Gasteiger partial charge in [0.05, 0.1) is 6.42 Å². The number of phenols is 1. The number of nitrogens with one attached hydrogen (secondary N) is 1. The minimum Gasteiger partial charge on any atom is -0.508 e. The molecule has 0 amide bonds. The second-order valence-electron chi connectivity index (χ2n) is 4.29. The van der Waals surface area contributed by atoms with Gasteiger partial charge in [-0.05, 0) is 36.1 Å². The van der Waals surface area contributed by atoms with E-state index in [9.17, 15) is 18.3 Å². The van der Waals surface area contributed by atoms with Gasteiger partial charge in [-0.25, -0.2) is 0 Å². The standard InChI is InChI=1S/C12H14F3NO/c13-12(14,15)5-6-16-11-4-1-8-7-9(17)2-3-10(8)11/h2-3,7,11,16-17H,1,4-6H2. The molecule has 0 bridgehead atoms. The van der Waals surface area contributed by atoms with Crippen LogP contribution in [0.15, 0.2) is 18.2 Å². The van der Waals surface area contributed by atoms with Crippen molar-refractivity contribution in [3.05, 3.63) is 29.3 Å². The minimum atomic E-state index is -4.11. The van der Waals surface area contributed by atoms with E-state index in [0.717, 1.165) is 24.0 Å². The van der Waals surface area contributed by atoms with Crippen LogP contribution >= 0.6 is 0 Å². The zero-order valence-electron chi connectivity index (χ0n) is 9.22. The molecule has 1 aliphatic rings. The fraction of sp³-hybridized carbons (Fsp3) is 0.500. The highest BCUT2D eigenvalue weighted by Gasteiger charge is 2.28. The van der Waals surface area contributed by atoms with Gasteiger partial charge in [0.1, 0.15) is 5.75 Å². The number of aryl methyl sites for hydroxylation is 1. The lowest BCUT2D eigenvalue weighted by atomic mass is 10.1. The molecule has 0 saturated carbocycles. The Kier molecular flexibility index (Phi) is 3.28. The Morgan fingerprint density at radius 3 is 2.82 bits per heavy atom. The first-order valence-electron chi connectivity index (χ1n) is 5.57. The van der Waals surface area contributed by atoms with Crippen molar-refractivity contribution in [1.29, 1.82) is 0 Å². The Morgan fingerprint density at radius 2 is 2.12 bits per heavy atom. The number of hydrogen-bond acceptors (Lipinski definition) is 2. The summed E-state index contributed by atoms with van der Waals surface area (Å²) in [6.45, 7) is -0.0610. The molecule has 94 valence electrons. The minimum absolute atomic E-state index is 0.0204. The van der Waals surface area contributed by atoms with E-state index in [2.05, 4.69) is 5.32 Å². The van der Waals surface area contributed by atoms with Crippen molar-refractivity contribution in [3.63, 3.8) is 0 Å². The highest BCUT2D eigenvalue weighted by atomic mass is 19.4. The van der Waals surface area contributed by atoms with E-state index in [-0.39, 0.29) is 18.3 Å². The van der Waals surface area contributed by atoms with Gasteiger partial charge in [-0.2, -0.15) is 13.2 Å². The molecule has 0 fully saturated rings. The quantitative estimate of drug-likeness (QED) is 0.858. The lowest BCUT2D eigenvalue weighted by Crippen LogP contribution is -2.24. The average molecular weight is 245 g/mol. The van der Waals surface area contributed by atoms with Crippen LogP contribution in [0.25, 0.3) is 0 Å². The fourth-order valence-electron chi connectivity index (χ4n) is 2.20. The number of halogens is 3. The first-order chi connectivity index (χ1) is 7.96. The molecule has 1 atom stereocenters. The Hall–Kier alpha value is -1.23. The van der Waals surface area contributed by atoms with Gasteiger partial charge in [0.15, 0.2) is 0 Å². The third-order valence-corrected chi connectivity index (χ3v) is 3.00. The first-order valence-corrected chi connectivity index (χ1v) is 5.57. The van der Waals surface area contributed by atoms with Crippen LogP contribution in [-0.2, 0) is 6.42 Å². The van der Waals surface area contributed by atoms with E-state index in [1.165, 1.54) is 0 Å². The molecule has 2 nitrogen and oxygen atoms in total. The van der Waals surface area contributed by atoms with Crippen LogP contribution < -0.4 is 5.32 Å². The summed E-state index contributed by atoms with van der Waals surface area (Å²) in [5.74, 6) is 0.208. The fourth-order valence-corrected chi connectivity index (χ4v) is 2.20. The smallest absolute Gasteiger partial charge is 0.390 e. The molecule has 0 aliphatic heterocycles. The topological polar surface area (TPSA) is 32.3 Å². The molecule has 0 radical (unpaired) electrons. The summed E-state index contributed by atoms with van der Waals surface area (Å²) in [4.78, 5) is 0. The summed E-state index contributed by atoms with van der Waals surface area (Å²) in [5.41, 5.74) is 2.03. The molecule has 0 aromatic heterocycles. The van der Waals surface area contributed by atoms with Crippen LogP contribution in [0.1, 0.15) is 30.0 Å². The molecular formula is C12H14F3NO. The van der Waals surface area contributed by atoms with E-state index in [0.29, 0.717) is 0 Å². The molecule has 1 aromatic carbocycles. The predicted molar refractivity (Wildman–Crippen MR) is 57.8 cm³/mol. The Bertz CT molecular complexity index is 403. The van der Waals surface area contributed by atoms with Crippen molar-refractivity contribution in [2.75, 3.05) is 6.54 Å². The summed E-state index contributed by atoms with van der Waals surface area (Å²) in [6, 6.07) is 5.01. The Morgan fingerprint density at radius 1 is 1.35 bits per heavy atom. The van der Waals surface area contributed by atoms with Gasteiger partial charge in [0.25, 0.3) is 0 Å². The van der Waals surface area contributed by atoms with Gasteiger partial charge in [0.2, 0.25) is 0 Å². The third kappa shape index (κ3) is 3.12. The van der Waals surface area contributed by atoms with Gasteiger partial charge < -0.3 is 10.4 Å². The lowest BCUT2D eigenvalue weighted by molar-refractivity contribution is -0.133. The molecule has 2 rings (SSSR count). The van der Waals surface area contributed by atoms with Crippen LogP contribution in [0.3, 0.4) is 0 Å². The molecule has 0 spiro atoms. The van der Waals surface area contributed by atoms with Crippen LogP contribution in [0.5, 0.6) is 5.75 Å². The number of hydrogen-bond donors (Lipinski definition) is 2. The predicted octanol–water partition coefficient (Wildman–Crippen LogP) is 2.92. The van der Waals surface area contributed by atoms with Gasteiger partial charge in [0, 0.05) is 12.6 Å². The molecule has 1 aromatic rings. The summed E-state index contributed by atoms with van der Waals surface area (Å²) >= 11 is 0. The van der Waals surface area contributed by atoms with Crippen LogP contribution in [0.4, 0.5) is 13.2 Å². The summed E-state index contributed by atoms with van der Waals surface area (Å²) in [6.07, 6.45) is -3.33. The Balaban J connectivity index is 1.94. The summed E-state index contributed by atoms with van der Waals surface area (Å²) < 4.78 is 36.0. The van der Waals surface area contributed by atoms with Crippen molar-refractivity contribution < 1.29 is 18.3 Å². The molecular weight excluding hydrogens is 231 g/mol. The summed E-state index contributed by atoms with van der Waals surface area (Å²) in [7, 11) is 0.